The summed E-state index contributed by atoms with van der Waals surface area (Å²) >= 11 is 5.50. The monoisotopic (exact) mass is 310 g/mol. The molecule has 1 aromatic heterocycles. The van der Waals surface area contributed by atoms with Crippen LogP contribution in [0.3, 0.4) is 0 Å². The fourth-order valence-corrected chi connectivity index (χ4v) is 1.67. The molecule has 1 aromatic rings. The predicted molar refractivity (Wildman–Crippen MR) is 68.5 cm³/mol. The number of likely N-dealkylation sites (N-methyl/N-ethyl adjacent to an activating group) is 1. The number of carbonyl (C=O) groups excluding carboxylic acids is 1. The van der Waals surface area contributed by atoms with Gasteiger partial charge < -0.3 is 10.2 Å². The van der Waals surface area contributed by atoms with Crippen molar-refractivity contribution in [3.05, 3.63) is 17.0 Å². The lowest BCUT2D eigenvalue weighted by atomic mass is 10.4. The number of halogens is 4. The van der Waals surface area contributed by atoms with Crippen LogP contribution < -0.4 is 5.32 Å². The zero-order valence-corrected chi connectivity index (χ0v) is 11.7. The lowest BCUT2D eigenvalue weighted by Gasteiger charge is -2.19. The van der Waals surface area contributed by atoms with Crippen LogP contribution in [0.25, 0.3) is 0 Å². The van der Waals surface area contributed by atoms with Gasteiger partial charge in [-0.3, -0.25) is 4.79 Å². The van der Waals surface area contributed by atoms with Crippen molar-refractivity contribution in [1.29, 1.82) is 0 Å². The molecule has 0 unspecified atom stereocenters. The largest absolute Gasteiger partial charge is 0.451 e. The Morgan fingerprint density at radius 2 is 1.95 bits per heavy atom. The summed E-state index contributed by atoms with van der Waals surface area (Å²) in [6.07, 6.45) is -4.69. The van der Waals surface area contributed by atoms with Crippen LogP contribution in [-0.4, -0.2) is 40.4 Å². The third-order valence-electron chi connectivity index (χ3n) is 2.49. The van der Waals surface area contributed by atoms with Crippen molar-refractivity contribution in [3.8, 4) is 0 Å². The maximum absolute atomic E-state index is 12.5. The van der Waals surface area contributed by atoms with E-state index in [4.69, 9.17) is 11.6 Å². The maximum Gasteiger partial charge on any atom is 0.451 e. The molecule has 1 rings (SSSR count). The highest BCUT2D eigenvalue weighted by atomic mass is 35.5. The Labute approximate surface area is 119 Å². The highest BCUT2D eigenvalue weighted by Gasteiger charge is 2.35. The van der Waals surface area contributed by atoms with Gasteiger partial charge in [-0.05, 0) is 13.8 Å². The zero-order valence-electron chi connectivity index (χ0n) is 11.0. The van der Waals surface area contributed by atoms with Crippen molar-refractivity contribution in [2.24, 2.45) is 0 Å². The molecular weight excluding hydrogens is 297 g/mol. The van der Waals surface area contributed by atoms with Crippen LogP contribution in [0.1, 0.15) is 19.7 Å². The van der Waals surface area contributed by atoms with E-state index < -0.39 is 12.0 Å². The molecule has 0 aromatic carbocycles. The van der Waals surface area contributed by atoms with Crippen LogP contribution >= 0.6 is 11.6 Å². The predicted octanol–water partition coefficient (Wildman–Crippen LogP) is 2.43. The molecule has 0 bridgehead atoms. The van der Waals surface area contributed by atoms with Crippen molar-refractivity contribution < 1.29 is 18.0 Å². The Kier molecular flexibility index (Phi) is 5.55. The van der Waals surface area contributed by atoms with E-state index in [0.717, 1.165) is 6.07 Å². The van der Waals surface area contributed by atoms with Gasteiger partial charge in [0.1, 0.15) is 11.0 Å². The van der Waals surface area contributed by atoms with E-state index in [9.17, 15) is 18.0 Å². The Morgan fingerprint density at radius 3 is 2.45 bits per heavy atom. The number of rotatable bonds is 5. The number of hydrogen-bond acceptors (Lipinski definition) is 4. The van der Waals surface area contributed by atoms with Crippen LogP contribution in [0.2, 0.25) is 5.15 Å². The van der Waals surface area contributed by atoms with Crippen LogP contribution in [0.15, 0.2) is 6.07 Å². The number of amides is 1. The fourth-order valence-electron chi connectivity index (χ4n) is 1.49. The first kappa shape index (κ1) is 16.5. The summed E-state index contributed by atoms with van der Waals surface area (Å²) in [5.74, 6) is -1.72. The van der Waals surface area contributed by atoms with Gasteiger partial charge in [-0.15, -0.1) is 0 Å². The first-order valence-electron chi connectivity index (χ1n) is 5.91. The SMILES string of the molecule is CCN(CC)C(=O)CNc1cc(Cl)nc(C(F)(F)F)n1. The van der Waals surface area contributed by atoms with Gasteiger partial charge in [0.2, 0.25) is 11.7 Å². The molecule has 0 aliphatic carbocycles. The molecule has 0 aliphatic rings. The zero-order chi connectivity index (χ0) is 15.3. The van der Waals surface area contributed by atoms with Crippen molar-refractivity contribution in [2.45, 2.75) is 20.0 Å². The summed E-state index contributed by atoms with van der Waals surface area (Å²) in [5, 5.41) is 2.18. The topological polar surface area (TPSA) is 58.1 Å². The molecule has 0 aliphatic heterocycles. The van der Waals surface area contributed by atoms with Gasteiger partial charge in [0.25, 0.3) is 0 Å². The highest BCUT2D eigenvalue weighted by molar-refractivity contribution is 6.29. The Bertz CT molecular complexity index is 477. The molecule has 20 heavy (non-hydrogen) atoms. The Morgan fingerprint density at radius 1 is 1.35 bits per heavy atom. The molecule has 9 heteroatoms. The third-order valence-corrected chi connectivity index (χ3v) is 2.68. The molecule has 112 valence electrons. The van der Waals surface area contributed by atoms with Crippen molar-refractivity contribution in [3.63, 3.8) is 0 Å². The van der Waals surface area contributed by atoms with Gasteiger partial charge in [-0.1, -0.05) is 11.6 Å². The minimum Gasteiger partial charge on any atom is -0.361 e. The number of anilines is 1. The second-order valence-corrected chi connectivity index (χ2v) is 4.20. The molecule has 0 spiro atoms. The van der Waals surface area contributed by atoms with E-state index in [0.29, 0.717) is 13.1 Å². The van der Waals surface area contributed by atoms with Gasteiger partial charge in [0.05, 0.1) is 6.54 Å². The average Bonchev–Trinajstić information content (AvgIpc) is 2.36. The van der Waals surface area contributed by atoms with Crippen molar-refractivity contribution in [2.75, 3.05) is 25.0 Å². The summed E-state index contributed by atoms with van der Waals surface area (Å²) in [6, 6.07) is 1.13. The lowest BCUT2D eigenvalue weighted by molar-refractivity contribution is -0.144. The minimum absolute atomic E-state index is 0.141. The second-order valence-electron chi connectivity index (χ2n) is 3.82. The second kappa shape index (κ2) is 6.74. The summed E-state index contributed by atoms with van der Waals surface area (Å²) in [6.45, 7) is 4.51. The highest BCUT2D eigenvalue weighted by Crippen LogP contribution is 2.28. The lowest BCUT2D eigenvalue weighted by Crippen LogP contribution is -2.35. The summed E-state index contributed by atoms with van der Waals surface area (Å²) < 4.78 is 37.5. The molecule has 1 amide bonds. The Balaban J connectivity index is 2.79. The van der Waals surface area contributed by atoms with E-state index in [-0.39, 0.29) is 23.4 Å². The molecule has 0 radical (unpaired) electrons. The summed E-state index contributed by atoms with van der Waals surface area (Å²) in [5.41, 5.74) is 0. The molecule has 5 nitrogen and oxygen atoms in total. The quantitative estimate of drug-likeness (QED) is 0.849. The molecule has 0 fully saturated rings. The normalized spacial score (nSPS) is 11.3. The van der Waals surface area contributed by atoms with Crippen molar-refractivity contribution >= 4 is 23.3 Å². The van der Waals surface area contributed by atoms with E-state index in [1.54, 1.807) is 4.90 Å². The number of carbonyl (C=O) groups is 1. The first-order valence-corrected chi connectivity index (χ1v) is 6.29. The van der Waals surface area contributed by atoms with Crippen LogP contribution in [-0.2, 0) is 11.0 Å². The molecule has 0 saturated heterocycles. The Hall–Kier alpha value is -1.57. The third kappa shape index (κ3) is 4.52. The summed E-state index contributed by atoms with van der Waals surface area (Å²) in [7, 11) is 0. The van der Waals surface area contributed by atoms with Gasteiger partial charge in [0, 0.05) is 19.2 Å². The number of nitrogens with one attached hydrogen (secondary N) is 1. The van der Waals surface area contributed by atoms with Gasteiger partial charge in [0.15, 0.2) is 0 Å². The van der Waals surface area contributed by atoms with Gasteiger partial charge in [-0.2, -0.15) is 13.2 Å². The van der Waals surface area contributed by atoms with Crippen LogP contribution in [0.4, 0.5) is 19.0 Å². The van der Waals surface area contributed by atoms with Gasteiger partial charge in [-0.25, -0.2) is 9.97 Å². The van der Waals surface area contributed by atoms with Crippen molar-refractivity contribution in [1.82, 2.24) is 14.9 Å². The molecule has 0 saturated carbocycles. The number of alkyl halides is 3. The van der Waals surface area contributed by atoms with E-state index in [1.165, 1.54) is 0 Å². The number of nitrogens with zero attached hydrogens (tertiary/aromatic N) is 3. The van der Waals surface area contributed by atoms with Crippen LogP contribution in [0, 0.1) is 0 Å². The number of aromatic nitrogens is 2. The first-order chi connectivity index (χ1) is 9.27. The molecule has 1 heterocycles. The summed E-state index contributed by atoms with van der Waals surface area (Å²) in [4.78, 5) is 19.6. The molecule has 0 atom stereocenters. The minimum atomic E-state index is -4.69. The van der Waals surface area contributed by atoms with E-state index >= 15 is 0 Å². The fraction of sp³-hybridized carbons (Fsp3) is 0.545. The van der Waals surface area contributed by atoms with E-state index in [2.05, 4.69) is 15.3 Å². The van der Waals surface area contributed by atoms with Gasteiger partial charge >= 0.3 is 6.18 Å². The molecular formula is C11H14ClF3N4O. The van der Waals surface area contributed by atoms with E-state index in [1.807, 2.05) is 13.8 Å². The number of hydrogen-bond donors (Lipinski definition) is 1. The molecule has 1 N–H and O–H groups in total. The maximum atomic E-state index is 12.5. The standard InChI is InChI=1S/C11H14ClF3N4O/c1-3-19(4-2)9(20)6-16-8-5-7(12)17-10(18-8)11(13,14)15/h5H,3-4,6H2,1-2H3,(H,16,17,18). The smallest absolute Gasteiger partial charge is 0.361 e. The average molecular weight is 311 g/mol. The van der Waals surface area contributed by atoms with Crippen LogP contribution in [0.5, 0.6) is 0 Å².